The molecule has 1 unspecified atom stereocenters. The van der Waals surface area contributed by atoms with Crippen LogP contribution in [-0.4, -0.2) is 4.57 Å². The van der Waals surface area contributed by atoms with Crippen LogP contribution in [0.25, 0.3) is 104 Å². The van der Waals surface area contributed by atoms with E-state index in [2.05, 4.69) is 241 Å². The van der Waals surface area contributed by atoms with Crippen molar-refractivity contribution in [2.24, 2.45) is 0 Å². The van der Waals surface area contributed by atoms with E-state index in [1.165, 1.54) is 93.5 Å². The fourth-order valence-electron chi connectivity index (χ4n) is 11.0. The molecule has 13 aromatic rings. The van der Waals surface area contributed by atoms with Crippen LogP contribution in [0, 0.1) is 0 Å². The Morgan fingerprint density at radius 2 is 0.985 bits per heavy atom. The Morgan fingerprint density at radius 1 is 0.382 bits per heavy atom. The van der Waals surface area contributed by atoms with E-state index in [9.17, 15) is 0 Å². The Balaban J connectivity index is 0.846. The first kappa shape index (κ1) is 39.9. The smallest absolute Gasteiger partial charge is 0.143 e. The molecule has 0 N–H and O–H groups in total. The average molecular weight is 870 g/mol. The molecule has 68 heavy (non-hydrogen) atoms. The Kier molecular flexibility index (Phi) is 9.83. The topological polar surface area (TPSA) is 18.1 Å². The molecule has 11 aromatic carbocycles. The van der Waals surface area contributed by atoms with Crippen molar-refractivity contribution in [3.05, 3.63) is 259 Å². The Hall–Kier alpha value is -8.46. The molecule has 0 aliphatic heterocycles. The number of rotatable bonds is 10. The fraction of sp³-hybridized carbons (Fsp3) is 0.0606. The normalized spacial score (nSPS) is 12.2. The van der Waals surface area contributed by atoms with Crippen molar-refractivity contribution in [3.8, 4) is 39.1 Å². The summed E-state index contributed by atoms with van der Waals surface area (Å²) in [5.74, 6) is 0.303. The first-order valence-corrected chi connectivity index (χ1v) is 23.9. The zero-order valence-electron chi connectivity index (χ0n) is 37.6. The minimum atomic E-state index is 0.303. The van der Waals surface area contributed by atoms with E-state index in [-0.39, 0.29) is 0 Å². The third kappa shape index (κ3) is 6.96. The predicted molar refractivity (Wildman–Crippen MR) is 287 cm³/mol. The summed E-state index contributed by atoms with van der Waals surface area (Å²) in [7, 11) is 0. The molecule has 0 aliphatic rings. The van der Waals surface area contributed by atoms with Crippen LogP contribution in [-0.2, 0) is 12.8 Å². The molecule has 2 aromatic heterocycles. The van der Waals surface area contributed by atoms with E-state index in [4.69, 9.17) is 4.42 Å². The maximum Gasteiger partial charge on any atom is 0.143 e. The maximum absolute atomic E-state index is 6.47. The lowest BCUT2D eigenvalue weighted by Gasteiger charge is -2.20. The highest BCUT2D eigenvalue weighted by molar-refractivity contribution is 6.12. The van der Waals surface area contributed by atoms with Gasteiger partial charge in [0.05, 0.1) is 11.0 Å². The van der Waals surface area contributed by atoms with E-state index in [0.717, 1.165) is 46.8 Å². The summed E-state index contributed by atoms with van der Waals surface area (Å²) in [5, 5.41) is 10.0. The molecule has 0 aliphatic carbocycles. The predicted octanol–water partition coefficient (Wildman–Crippen LogP) is 17.9. The molecule has 0 amide bonds. The molecule has 0 bridgehead atoms. The number of aryl methyl sites for hydroxylation is 1. The van der Waals surface area contributed by atoms with Crippen molar-refractivity contribution < 1.29 is 4.42 Å². The SMILES string of the molecule is c1ccc(-n2c3ccccc3c3cc(-c4ccc(CCC(Cc5ccc(-c6cccc7ccccc67)cc5)c5ccc(-c6cccc7c6oc6ccccc67)cc5)c5ccccc45)ccc32)cc1. The summed E-state index contributed by atoms with van der Waals surface area (Å²) < 4.78 is 8.86. The molecule has 2 heterocycles. The quantitative estimate of drug-likeness (QED) is 0.134. The van der Waals surface area contributed by atoms with Crippen LogP contribution in [0.3, 0.4) is 0 Å². The number of benzene rings is 11. The van der Waals surface area contributed by atoms with Gasteiger partial charge in [0.2, 0.25) is 0 Å². The molecular weight excluding hydrogens is 823 g/mol. The highest BCUT2D eigenvalue weighted by atomic mass is 16.3. The van der Waals surface area contributed by atoms with Crippen LogP contribution in [0.1, 0.15) is 29.0 Å². The molecule has 0 radical (unpaired) electrons. The summed E-state index contributed by atoms with van der Waals surface area (Å²) in [4.78, 5) is 0. The molecule has 0 saturated heterocycles. The third-order valence-corrected chi connectivity index (χ3v) is 14.4. The summed E-state index contributed by atoms with van der Waals surface area (Å²) in [6.07, 6.45) is 2.92. The molecule has 0 spiro atoms. The molecule has 0 saturated carbocycles. The van der Waals surface area contributed by atoms with E-state index in [1.54, 1.807) is 0 Å². The third-order valence-electron chi connectivity index (χ3n) is 14.4. The molecule has 1 atom stereocenters. The minimum absolute atomic E-state index is 0.303. The lowest BCUT2D eigenvalue weighted by Crippen LogP contribution is -2.06. The summed E-state index contributed by atoms with van der Waals surface area (Å²) in [5.41, 5.74) is 16.9. The van der Waals surface area contributed by atoms with E-state index < -0.39 is 0 Å². The lowest BCUT2D eigenvalue weighted by molar-refractivity contribution is 0.622. The van der Waals surface area contributed by atoms with Crippen molar-refractivity contribution in [2.45, 2.75) is 25.2 Å². The number of fused-ring (bicyclic) bond motifs is 8. The van der Waals surface area contributed by atoms with E-state index in [1.807, 2.05) is 6.07 Å². The van der Waals surface area contributed by atoms with Crippen molar-refractivity contribution in [1.82, 2.24) is 4.57 Å². The number of para-hydroxylation sites is 4. The van der Waals surface area contributed by atoms with Gasteiger partial charge in [-0.3, -0.25) is 0 Å². The second kappa shape index (κ2) is 16.8. The van der Waals surface area contributed by atoms with Gasteiger partial charge in [-0.05, 0) is 128 Å². The van der Waals surface area contributed by atoms with Crippen LogP contribution >= 0.6 is 0 Å². The van der Waals surface area contributed by atoms with Crippen molar-refractivity contribution in [3.63, 3.8) is 0 Å². The second-order valence-electron chi connectivity index (χ2n) is 18.3. The van der Waals surface area contributed by atoms with Gasteiger partial charge in [-0.2, -0.15) is 0 Å². The molecule has 2 heteroatoms. The standard InChI is InChI=1S/C66H47NO/c1-2-16-52(17-3-1)67-63-26-10-8-21-59(63)62-43-51(39-41-64(62)67)56-40-38-48(55-19-6-7-20-58(55)56)36-37-50(42-44-28-30-47(31-29-44)54-23-12-15-46-14-4-5-18-53(46)54)45-32-34-49(35-33-45)57-24-13-25-61-60-22-9-11-27-65(60)68-66(57)61/h1-35,38-41,43,50H,36-37,42H2. The van der Waals surface area contributed by atoms with Gasteiger partial charge in [0.25, 0.3) is 0 Å². The van der Waals surface area contributed by atoms with Crippen LogP contribution in [0.2, 0.25) is 0 Å². The van der Waals surface area contributed by atoms with Gasteiger partial charge in [-0.15, -0.1) is 0 Å². The van der Waals surface area contributed by atoms with E-state index >= 15 is 0 Å². The summed E-state index contributed by atoms with van der Waals surface area (Å²) in [6, 6.07) is 89.0. The number of hydrogen-bond donors (Lipinski definition) is 0. The van der Waals surface area contributed by atoms with Gasteiger partial charge in [0.15, 0.2) is 0 Å². The highest BCUT2D eigenvalue weighted by Crippen LogP contribution is 2.40. The number of furan rings is 1. The Labute approximate surface area is 396 Å². The molecule has 0 fully saturated rings. The van der Waals surface area contributed by atoms with Crippen LogP contribution in [0.5, 0.6) is 0 Å². The van der Waals surface area contributed by atoms with Crippen LogP contribution in [0.4, 0.5) is 0 Å². The first-order valence-electron chi connectivity index (χ1n) is 23.9. The van der Waals surface area contributed by atoms with Crippen LogP contribution in [0.15, 0.2) is 247 Å². The molecule has 2 nitrogen and oxygen atoms in total. The van der Waals surface area contributed by atoms with Gasteiger partial charge >= 0.3 is 0 Å². The summed E-state index contributed by atoms with van der Waals surface area (Å²) >= 11 is 0. The van der Waals surface area contributed by atoms with Crippen molar-refractivity contribution in [1.29, 1.82) is 0 Å². The zero-order chi connectivity index (χ0) is 45.0. The van der Waals surface area contributed by atoms with Gasteiger partial charge in [-0.25, -0.2) is 0 Å². The Bertz CT molecular complexity index is 3980. The number of nitrogens with zero attached hydrogens (tertiary/aromatic N) is 1. The van der Waals surface area contributed by atoms with Crippen molar-refractivity contribution >= 4 is 65.3 Å². The maximum atomic E-state index is 6.47. The van der Waals surface area contributed by atoms with Gasteiger partial charge in [0.1, 0.15) is 11.2 Å². The van der Waals surface area contributed by atoms with E-state index in [0.29, 0.717) is 5.92 Å². The largest absolute Gasteiger partial charge is 0.455 e. The Morgan fingerprint density at radius 3 is 1.84 bits per heavy atom. The first-order chi connectivity index (χ1) is 33.7. The van der Waals surface area contributed by atoms with Crippen LogP contribution < -0.4 is 0 Å². The minimum Gasteiger partial charge on any atom is -0.455 e. The summed E-state index contributed by atoms with van der Waals surface area (Å²) in [6.45, 7) is 0. The average Bonchev–Trinajstić information content (AvgIpc) is 3.96. The second-order valence-corrected chi connectivity index (χ2v) is 18.3. The molecule has 13 rings (SSSR count). The van der Waals surface area contributed by atoms with Gasteiger partial charge in [0, 0.05) is 32.8 Å². The monoisotopic (exact) mass is 869 g/mol. The lowest BCUT2D eigenvalue weighted by atomic mass is 9.84. The number of aromatic nitrogens is 1. The van der Waals surface area contributed by atoms with Crippen molar-refractivity contribution in [2.75, 3.05) is 0 Å². The van der Waals surface area contributed by atoms with Gasteiger partial charge < -0.3 is 8.98 Å². The highest BCUT2D eigenvalue weighted by Gasteiger charge is 2.19. The van der Waals surface area contributed by atoms with Gasteiger partial charge in [-0.1, -0.05) is 206 Å². The zero-order valence-corrected chi connectivity index (χ0v) is 37.6. The fourth-order valence-corrected chi connectivity index (χ4v) is 11.0. The molecular formula is C66H47NO. The number of hydrogen-bond acceptors (Lipinski definition) is 1. The molecule has 322 valence electrons.